The van der Waals surface area contributed by atoms with Crippen LogP contribution in [0.4, 0.5) is 17.6 Å². The van der Waals surface area contributed by atoms with E-state index in [0.717, 1.165) is 17.7 Å². The third-order valence-corrected chi connectivity index (χ3v) is 6.02. The van der Waals surface area contributed by atoms with Crippen molar-refractivity contribution in [1.82, 2.24) is 14.9 Å². The van der Waals surface area contributed by atoms with E-state index in [1.807, 2.05) is 0 Å². The zero-order valence-electron chi connectivity index (χ0n) is 16.4. The van der Waals surface area contributed by atoms with Gasteiger partial charge in [0.15, 0.2) is 5.16 Å². The van der Waals surface area contributed by atoms with Crippen molar-refractivity contribution in [1.29, 1.82) is 0 Å². The Labute approximate surface area is 180 Å². The molecule has 2 aromatic carbocycles. The zero-order chi connectivity index (χ0) is 22.0. The van der Waals surface area contributed by atoms with Crippen molar-refractivity contribution in [3.63, 3.8) is 0 Å². The average Bonchev–Trinajstić information content (AvgIpc) is 2.74. The standard InChI is InChI=1S/C22H19F4N3OS/c23-17-6-4-14(5-7-17)11-29-9-8-19-18(12-29)20(30)28-21(27-19)31-13-15-2-1-3-16(10-15)22(24,25)26/h1-7,10H,8-9,11-13H2,(H,27,28,30). The molecule has 162 valence electrons. The second-order valence-corrected chi connectivity index (χ2v) is 8.33. The predicted octanol–water partition coefficient (Wildman–Crippen LogP) is 4.78. The van der Waals surface area contributed by atoms with Crippen LogP contribution < -0.4 is 5.56 Å². The molecule has 3 aromatic rings. The van der Waals surface area contributed by atoms with Crippen LogP contribution in [0.2, 0.25) is 0 Å². The van der Waals surface area contributed by atoms with E-state index < -0.39 is 11.7 Å². The lowest BCUT2D eigenvalue weighted by Gasteiger charge is -2.27. The smallest absolute Gasteiger partial charge is 0.301 e. The minimum absolute atomic E-state index is 0.236. The van der Waals surface area contributed by atoms with Gasteiger partial charge in [-0.1, -0.05) is 42.1 Å². The third-order valence-electron chi connectivity index (χ3n) is 5.08. The van der Waals surface area contributed by atoms with Gasteiger partial charge in [-0.3, -0.25) is 9.69 Å². The van der Waals surface area contributed by atoms with Gasteiger partial charge in [-0.25, -0.2) is 9.37 Å². The number of aromatic nitrogens is 2. The van der Waals surface area contributed by atoms with Crippen LogP contribution in [0.3, 0.4) is 0 Å². The summed E-state index contributed by atoms with van der Waals surface area (Å²) in [7, 11) is 0. The molecule has 0 atom stereocenters. The fraction of sp³-hybridized carbons (Fsp3) is 0.273. The van der Waals surface area contributed by atoms with E-state index in [9.17, 15) is 22.4 Å². The minimum atomic E-state index is -4.39. The molecule has 31 heavy (non-hydrogen) atoms. The SMILES string of the molecule is O=c1[nH]c(SCc2cccc(C(F)(F)F)c2)nc2c1CN(Cc1ccc(F)cc1)CC2. The highest BCUT2D eigenvalue weighted by Crippen LogP contribution is 2.31. The number of benzene rings is 2. The Kier molecular flexibility index (Phi) is 6.15. The lowest BCUT2D eigenvalue weighted by Crippen LogP contribution is -2.35. The van der Waals surface area contributed by atoms with Gasteiger partial charge in [-0.2, -0.15) is 13.2 Å². The van der Waals surface area contributed by atoms with Crippen LogP contribution in [-0.4, -0.2) is 21.4 Å². The molecular formula is C22H19F4N3OS. The maximum Gasteiger partial charge on any atom is 0.416 e. The lowest BCUT2D eigenvalue weighted by molar-refractivity contribution is -0.137. The van der Waals surface area contributed by atoms with Crippen LogP contribution in [0.5, 0.6) is 0 Å². The summed E-state index contributed by atoms with van der Waals surface area (Å²) in [5.74, 6) is -0.0222. The van der Waals surface area contributed by atoms with Crippen molar-refractivity contribution in [3.05, 3.63) is 92.6 Å². The molecule has 1 aromatic heterocycles. The second-order valence-electron chi connectivity index (χ2n) is 7.37. The van der Waals surface area contributed by atoms with Crippen molar-refractivity contribution >= 4 is 11.8 Å². The van der Waals surface area contributed by atoms with Gasteiger partial charge in [-0.05, 0) is 29.3 Å². The number of aromatic amines is 1. The number of nitrogens with one attached hydrogen (secondary N) is 1. The highest BCUT2D eigenvalue weighted by Gasteiger charge is 2.30. The Morgan fingerprint density at radius 1 is 1.10 bits per heavy atom. The Morgan fingerprint density at radius 3 is 2.61 bits per heavy atom. The summed E-state index contributed by atoms with van der Waals surface area (Å²) in [6, 6.07) is 11.4. The van der Waals surface area contributed by atoms with Crippen molar-refractivity contribution in [3.8, 4) is 0 Å². The van der Waals surface area contributed by atoms with Crippen LogP contribution in [0.25, 0.3) is 0 Å². The number of halogens is 4. The zero-order valence-corrected chi connectivity index (χ0v) is 17.2. The summed E-state index contributed by atoms with van der Waals surface area (Å²) in [4.78, 5) is 22.0. The molecular weight excluding hydrogens is 430 g/mol. The fourth-order valence-corrected chi connectivity index (χ4v) is 4.32. The molecule has 0 saturated heterocycles. The summed E-state index contributed by atoms with van der Waals surface area (Å²) in [6.45, 7) is 1.75. The van der Waals surface area contributed by atoms with E-state index in [1.54, 1.807) is 18.2 Å². The first-order valence-electron chi connectivity index (χ1n) is 9.66. The normalized spacial score (nSPS) is 14.5. The fourth-order valence-electron chi connectivity index (χ4n) is 3.50. The summed E-state index contributed by atoms with van der Waals surface area (Å²) in [6.07, 6.45) is -3.80. The Bertz CT molecular complexity index is 1130. The Balaban J connectivity index is 1.43. The third kappa shape index (κ3) is 5.34. The number of rotatable bonds is 5. The first kappa shape index (κ1) is 21.6. The molecule has 1 aliphatic rings. The highest BCUT2D eigenvalue weighted by atomic mass is 32.2. The lowest BCUT2D eigenvalue weighted by atomic mass is 10.1. The Morgan fingerprint density at radius 2 is 1.87 bits per heavy atom. The van der Waals surface area contributed by atoms with Crippen molar-refractivity contribution in [2.24, 2.45) is 0 Å². The van der Waals surface area contributed by atoms with Gasteiger partial charge >= 0.3 is 6.18 Å². The topological polar surface area (TPSA) is 49.0 Å². The molecule has 4 nitrogen and oxygen atoms in total. The van der Waals surface area contributed by atoms with E-state index in [-0.39, 0.29) is 17.1 Å². The Hall–Kier alpha value is -2.65. The summed E-state index contributed by atoms with van der Waals surface area (Å²) in [5.41, 5.74) is 1.84. The van der Waals surface area contributed by atoms with Gasteiger partial charge < -0.3 is 4.98 Å². The first-order chi connectivity index (χ1) is 14.8. The second kappa shape index (κ2) is 8.84. The van der Waals surface area contributed by atoms with Crippen LogP contribution in [0.1, 0.15) is 27.9 Å². The summed E-state index contributed by atoms with van der Waals surface area (Å²) < 4.78 is 51.7. The number of thioether (sulfide) groups is 1. The number of H-pyrrole nitrogens is 1. The van der Waals surface area contributed by atoms with E-state index in [0.29, 0.717) is 48.0 Å². The summed E-state index contributed by atoms with van der Waals surface area (Å²) in [5, 5.41) is 0.396. The molecule has 0 bridgehead atoms. The van der Waals surface area contributed by atoms with Crippen LogP contribution in [0.15, 0.2) is 58.5 Å². The van der Waals surface area contributed by atoms with Crippen molar-refractivity contribution in [2.45, 2.75) is 36.6 Å². The van der Waals surface area contributed by atoms with Crippen LogP contribution >= 0.6 is 11.8 Å². The molecule has 0 spiro atoms. The van der Waals surface area contributed by atoms with Gasteiger partial charge in [0.2, 0.25) is 0 Å². The maximum absolute atomic E-state index is 13.1. The molecule has 2 heterocycles. The van der Waals surface area contributed by atoms with Crippen LogP contribution in [0, 0.1) is 5.82 Å². The minimum Gasteiger partial charge on any atom is -0.301 e. The molecule has 0 amide bonds. The molecule has 1 N–H and O–H groups in total. The predicted molar refractivity (Wildman–Crippen MR) is 110 cm³/mol. The number of alkyl halides is 3. The number of hydrogen-bond donors (Lipinski definition) is 1. The molecule has 0 aliphatic carbocycles. The van der Waals surface area contributed by atoms with E-state index in [1.165, 1.54) is 30.0 Å². The van der Waals surface area contributed by atoms with Crippen molar-refractivity contribution < 1.29 is 17.6 Å². The molecule has 0 fully saturated rings. The van der Waals surface area contributed by atoms with E-state index >= 15 is 0 Å². The van der Waals surface area contributed by atoms with Gasteiger partial charge in [0.25, 0.3) is 5.56 Å². The molecule has 0 radical (unpaired) electrons. The van der Waals surface area contributed by atoms with Gasteiger partial charge in [0.05, 0.1) is 16.8 Å². The quantitative estimate of drug-likeness (QED) is 0.346. The van der Waals surface area contributed by atoms with E-state index in [4.69, 9.17) is 0 Å². The number of nitrogens with zero attached hydrogens (tertiary/aromatic N) is 2. The van der Waals surface area contributed by atoms with Gasteiger partial charge in [0, 0.05) is 31.8 Å². The molecule has 4 rings (SSSR count). The van der Waals surface area contributed by atoms with Gasteiger partial charge in [-0.15, -0.1) is 0 Å². The largest absolute Gasteiger partial charge is 0.416 e. The molecule has 1 aliphatic heterocycles. The summed E-state index contributed by atoms with van der Waals surface area (Å²) >= 11 is 1.20. The molecule has 0 unspecified atom stereocenters. The first-order valence-corrected chi connectivity index (χ1v) is 10.6. The highest BCUT2D eigenvalue weighted by molar-refractivity contribution is 7.98. The monoisotopic (exact) mass is 449 g/mol. The van der Waals surface area contributed by atoms with E-state index in [2.05, 4.69) is 14.9 Å². The van der Waals surface area contributed by atoms with Crippen molar-refractivity contribution in [2.75, 3.05) is 6.54 Å². The molecule has 0 saturated carbocycles. The van der Waals surface area contributed by atoms with Gasteiger partial charge in [0.1, 0.15) is 5.82 Å². The average molecular weight is 449 g/mol. The maximum atomic E-state index is 13.1. The number of hydrogen-bond acceptors (Lipinski definition) is 4. The molecule has 9 heteroatoms. The number of fused-ring (bicyclic) bond motifs is 1. The van der Waals surface area contributed by atoms with Crippen LogP contribution in [-0.2, 0) is 31.4 Å².